The SMILES string of the molecule is COC1=C(OC)[C@H](O)[C@H](CC=C(C)CCC=C(C)CC=CC(C)(C)OC)[C@@H](C)C1=O. The molecule has 5 heteroatoms. The molecule has 0 aromatic carbocycles. The number of rotatable bonds is 11. The molecule has 0 aromatic rings. The van der Waals surface area contributed by atoms with Gasteiger partial charge in [-0.05, 0) is 53.4 Å². The van der Waals surface area contributed by atoms with Crippen molar-refractivity contribution in [3.63, 3.8) is 0 Å². The van der Waals surface area contributed by atoms with Gasteiger partial charge in [0.15, 0.2) is 5.76 Å². The van der Waals surface area contributed by atoms with Crippen molar-refractivity contribution < 1.29 is 24.1 Å². The van der Waals surface area contributed by atoms with Gasteiger partial charge < -0.3 is 19.3 Å². The van der Waals surface area contributed by atoms with Crippen LogP contribution in [0.3, 0.4) is 0 Å². The van der Waals surface area contributed by atoms with Gasteiger partial charge in [-0.3, -0.25) is 4.79 Å². The van der Waals surface area contributed by atoms with Gasteiger partial charge in [0.25, 0.3) is 0 Å². The Morgan fingerprint density at radius 1 is 1.10 bits per heavy atom. The van der Waals surface area contributed by atoms with E-state index in [9.17, 15) is 9.90 Å². The van der Waals surface area contributed by atoms with Gasteiger partial charge in [-0.1, -0.05) is 42.4 Å². The van der Waals surface area contributed by atoms with E-state index in [2.05, 4.69) is 38.2 Å². The minimum atomic E-state index is -0.841. The third-order valence-electron chi connectivity index (χ3n) is 5.86. The molecule has 1 aliphatic carbocycles. The van der Waals surface area contributed by atoms with Gasteiger partial charge in [-0.2, -0.15) is 0 Å². The van der Waals surface area contributed by atoms with E-state index in [1.807, 2.05) is 20.8 Å². The summed E-state index contributed by atoms with van der Waals surface area (Å²) in [6.45, 7) is 10.2. The summed E-state index contributed by atoms with van der Waals surface area (Å²) < 4.78 is 15.8. The largest absolute Gasteiger partial charge is 0.494 e. The Morgan fingerprint density at radius 3 is 2.33 bits per heavy atom. The van der Waals surface area contributed by atoms with Crippen LogP contribution in [0.2, 0.25) is 0 Å². The lowest BCUT2D eigenvalue weighted by atomic mass is 9.77. The lowest BCUT2D eigenvalue weighted by Gasteiger charge is -2.33. The van der Waals surface area contributed by atoms with Gasteiger partial charge in [-0.15, -0.1) is 0 Å². The maximum absolute atomic E-state index is 12.5. The Bertz CT molecular complexity index is 696. The van der Waals surface area contributed by atoms with Gasteiger partial charge in [-0.25, -0.2) is 0 Å². The molecule has 0 saturated heterocycles. The smallest absolute Gasteiger partial charge is 0.204 e. The van der Waals surface area contributed by atoms with E-state index in [4.69, 9.17) is 14.2 Å². The summed E-state index contributed by atoms with van der Waals surface area (Å²) in [5.41, 5.74) is 2.35. The number of allylic oxidation sites excluding steroid dienone is 6. The van der Waals surface area contributed by atoms with Crippen LogP contribution >= 0.6 is 0 Å². The predicted molar refractivity (Wildman–Crippen MR) is 121 cm³/mol. The van der Waals surface area contributed by atoms with E-state index in [-0.39, 0.29) is 34.7 Å². The molecular weight excluding hydrogens is 380 g/mol. The van der Waals surface area contributed by atoms with E-state index >= 15 is 0 Å². The van der Waals surface area contributed by atoms with E-state index < -0.39 is 6.10 Å². The van der Waals surface area contributed by atoms with E-state index in [1.54, 1.807) is 7.11 Å². The second kappa shape index (κ2) is 12.1. The zero-order valence-corrected chi connectivity index (χ0v) is 20.0. The lowest BCUT2D eigenvalue weighted by Crippen LogP contribution is -2.40. The molecule has 0 heterocycles. The van der Waals surface area contributed by atoms with E-state index in [0.717, 1.165) is 19.3 Å². The van der Waals surface area contributed by atoms with Crippen molar-refractivity contribution in [3.05, 3.63) is 47.0 Å². The molecule has 0 amide bonds. The number of aliphatic hydroxyl groups excluding tert-OH is 1. The minimum absolute atomic E-state index is 0.112. The molecule has 0 spiro atoms. The molecule has 5 nitrogen and oxygen atoms in total. The summed E-state index contributed by atoms with van der Waals surface area (Å²) in [7, 11) is 4.60. The van der Waals surface area contributed by atoms with Crippen molar-refractivity contribution in [2.45, 2.75) is 72.0 Å². The molecule has 0 aliphatic heterocycles. The maximum atomic E-state index is 12.5. The van der Waals surface area contributed by atoms with Crippen LogP contribution in [0.4, 0.5) is 0 Å². The number of hydrogen-bond acceptors (Lipinski definition) is 5. The topological polar surface area (TPSA) is 65.0 Å². The molecule has 0 aromatic heterocycles. The van der Waals surface area contributed by atoms with Gasteiger partial charge in [0, 0.05) is 18.9 Å². The average Bonchev–Trinajstić information content (AvgIpc) is 2.70. The normalized spacial score (nSPS) is 24.0. The second-order valence-corrected chi connectivity index (χ2v) is 8.65. The van der Waals surface area contributed by atoms with E-state index in [0.29, 0.717) is 6.42 Å². The zero-order valence-electron chi connectivity index (χ0n) is 20.0. The van der Waals surface area contributed by atoms with Crippen molar-refractivity contribution in [2.24, 2.45) is 11.8 Å². The molecule has 3 atom stereocenters. The fourth-order valence-electron chi connectivity index (χ4n) is 3.54. The zero-order chi connectivity index (χ0) is 22.9. The highest BCUT2D eigenvalue weighted by Gasteiger charge is 2.42. The third-order valence-corrected chi connectivity index (χ3v) is 5.86. The van der Waals surface area contributed by atoms with Crippen LogP contribution in [0, 0.1) is 11.8 Å². The minimum Gasteiger partial charge on any atom is -0.494 e. The standard InChI is InChI=1S/C25H40O5/c1-17(13-10-16-25(4,5)30-8)11-9-12-18(2)14-15-20-19(3)21(26)23(28-6)24(29-7)22(20)27/h10-11,14,16,19-20,22,27H,9,12-13,15H2,1-8H3/t19-,20-,22-/m1/s1. The maximum Gasteiger partial charge on any atom is 0.204 e. The number of ether oxygens (including phenoxy) is 3. The third kappa shape index (κ3) is 7.44. The number of carbonyl (C=O) groups is 1. The fourth-order valence-corrected chi connectivity index (χ4v) is 3.54. The number of carbonyl (C=O) groups excluding carboxylic acids is 1. The van der Waals surface area contributed by atoms with Crippen LogP contribution in [0.5, 0.6) is 0 Å². The summed E-state index contributed by atoms with van der Waals surface area (Å²) in [5.74, 6) is -0.270. The molecule has 30 heavy (non-hydrogen) atoms. The van der Waals surface area contributed by atoms with Crippen molar-refractivity contribution >= 4 is 5.78 Å². The Morgan fingerprint density at radius 2 is 1.77 bits per heavy atom. The highest BCUT2D eigenvalue weighted by molar-refractivity contribution is 5.97. The van der Waals surface area contributed by atoms with Crippen molar-refractivity contribution in [1.82, 2.24) is 0 Å². The Kier molecular flexibility index (Phi) is 10.6. The van der Waals surface area contributed by atoms with Crippen LogP contribution in [0.25, 0.3) is 0 Å². The molecule has 170 valence electrons. The Balaban J connectivity index is 2.63. The molecule has 0 fully saturated rings. The number of methoxy groups -OCH3 is 3. The molecule has 0 radical (unpaired) electrons. The number of aliphatic hydroxyl groups is 1. The average molecular weight is 421 g/mol. The van der Waals surface area contributed by atoms with Gasteiger partial charge in [0.2, 0.25) is 11.5 Å². The second-order valence-electron chi connectivity index (χ2n) is 8.65. The molecule has 0 saturated carbocycles. The van der Waals surface area contributed by atoms with Crippen LogP contribution in [0.15, 0.2) is 47.0 Å². The summed E-state index contributed by atoms with van der Waals surface area (Å²) in [4.78, 5) is 12.5. The Hall–Kier alpha value is -1.85. The van der Waals surface area contributed by atoms with Crippen LogP contribution in [-0.4, -0.2) is 43.9 Å². The van der Waals surface area contributed by atoms with Crippen LogP contribution < -0.4 is 0 Å². The summed E-state index contributed by atoms with van der Waals surface area (Å²) in [6.07, 6.45) is 11.2. The van der Waals surface area contributed by atoms with Gasteiger partial charge in [0.1, 0.15) is 6.10 Å². The summed E-state index contributed by atoms with van der Waals surface area (Å²) in [5, 5.41) is 10.7. The predicted octanol–water partition coefficient (Wildman–Crippen LogP) is 5.12. The first kappa shape index (κ1) is 26.2. The van der Waals surface area contributed by atoms with Crippen LogP contribution in [0.1, 0.15) is 60.3 Å². The molecule has 0 unspecified atom stereocenters. The fraction of sp³-hybridized carbons (Fsp3) is 0.640. The summed E-state index contributed by atoms with van der Waals surface area (Å²) >= 11 is 0. The highest BCUT2D eigenvalue weighted by atomic mass is 16.5. The number of hydrogen-bond donors (Lipinski definition) is 1. The quantitative estimate of drug-likeness (QED) is 0.470. The first-order valence-electron chi connectivity index (χ1n) is 10.7. The molecule has 0 bridgehead atoms. The summed E-state index contributed by atoms with van der Waals surface area (Å²) in [6, 6.07) is 0. The van der Waals surface area contributed by atoms with Crippen LogP contribution in [-0.2, 0) is 19.0 Å². The van der Waals surface area contributed by atoms with Gasteiger partial charge >= 0.3 is 0 Å². The van der Waals surface area contributed by atoms with Crippen molar-refractivity contribution in [3.8, 4) is 0 Å². The number of ketones is 1. The monoisotopic (exact) mass is 420 g/mol. The Labute approximate surface area is 182 Å². The van der Waals surface area contributed by atoms with E-state index in [1.165, 1.54) is 25.4 Å². The van der Waals surface area contributed by atoms with Gasteiger partial charge in [0.05, 0.1) is 19.8 Å². The van der Waals surface area contributed by atoms with Crippen molar-refractivity contribution in [1.29, 1.82) is 0 Å². The highest BCUT2D eigenvalue weighted by Crippen LogP contribution is 2.35. The molecule has 1 rings (SSSR count). The number of Topliss-reactive ketones (excluding diaryl/α,β-unsaturated/α-hetero) is 1. The molecular formula is C25H40O5. The first-order chi connectivity index (χ1) is 14.1. The molecule has 1 aliphatic rings. The molecule has 1 N–H and O–H groups in total. The first-order valence-corrected chi connectivity index (χ1v) is 10.7. The lowest BCUT2D eigenvalue weighted by molar-refractivity contribution is -0.128. The van der Waals surface area contributed by atoms with Crippen molar-refractivity contribution in [2.75, 3.05) is 21.3 Å².